The van der Waals surface area contributed by atoms with Gasteiger partial charge in [-0.15, -0.1) is 5.10 Å². The number of nitrogens with zero attached hydrogens (tertiary/aromatic N) is 6. The zero-order valence-corrected chi connectivity index (χ0v) is 15.5. The Morgan fingerprint density at radius 1 is 1.21 bits per heavy atom. The molecule has 0 unspecified atom stereocenters. The van der Waals surface area contributed by atoms with Crippen LogP contribution in [0.4, 0.5) is 5.13 Å². The molecule has 0 aromatic carbocycles. The standard InChI is InChI=1S/C17H24N6S/c1-17(2,3)14-11-23-15(19-14)24-16(20-23)22-9-6-12(7-10-22)13-5-8-18-21(13)4/h5,8,11-12H,6-7,9-10H2,1-4H3. The number of imidazole rings is 1. The van der Waals surface area contributed by atoms with Gasteiger partial charge in [-0.05, 0) is 18.9 Å². The van der Waals surface area contributed by atoms with Gasteiger partial charge in [0.05, 0.1) is 11.9 Å². The summed E-state index contributed by atoms with van der Waals surface area (Å²) in [4.78, 5) is 8.13. The van der Waals surface area contributed by atoms with Crippen LogP contribution in [0.2, 0.25) is 0 Å². The van der Waals surface area contributed by atoms with E-state index in [-0.39, 0.29) is 5.41 Å². The monoisotopic (exact) mass is 344 g/mol. The minimum absolute atomic E-state index is 0.0645. The van der Waals surface area contributed by atoms with Gasteiger partial charge in [-0.25, -0.2) is 9.50 Å². The number of hydrogen-bond acceptors (Lipinski definition) is 5. The summed E-state index contributed by atoms with van der Waals surface area (Å²) in [5, 5.41) is 10.1. The lowest BCUT2D eigenvalue weighted by molar-refractivity contribution is 0.476. The van der Waals surface area contributed by atoms with E-state index in [0.717, 1.165) is 41.7 Å². The van der Waals surface area contributed by atoms with Gasteiger partial charge in [0.15, 0.2) is 0 Å². The highest BCUT2D eigenvalue weighted by Crippen LogP contribution is 2.33. The van der Waals surface area contributed by atoms with Crippen molar-refractivity contribution < 1.29 is 0 Å². The fourth-order valence-electron chi connectivity index (χ4n) is 3.33. The average Bonchev–Trinajstić information content (AvgIpc) is 3.20. The fraction of sp³-hybridized carbons (Fsp3) is 0.588. The minimum atomic E-state index is 0.0645. The molecule has 1 aliphatic heterocycles. The summed E-state index contributed by atoms with van der Waals surface area (Å²) in [6, 6.07) is 2.14. The first-order valence-electron chi connectivity index (χ1n) is 8.51. The van der Waals surface area contributed by atoms with Crippen molar-refractivity contribution in [3.05, 3.63) is 29.8 Å². The van der Waals surface area contributed by atoms with Gasteiger partial charge in [0.25, 0.3) is 0 Å². The van der Waals surface area contributed by atoms with E-state index in [0.29, 0.717) is 5.92 Å². The number of anilines is 1. The number of aromatic nitrogens is 5. The molecule has 7 heteroatoms. The molecule has 4 heterocycles. The van der Waals surface area contributed by atoms with E-state index in [1.807, 2.05) is 22.4 Å². The van der Waals surface area contributed by atoms with Crippen molar-refractivity contribution in [3.63, 3.8) is 0 Å². The van der Waals surface area contributed by atoms with E-state index in [9.17, 15) is 0 Å². The largest absolute Gasteiger partial charge is 0.347 e. The SMILES string of the molecule is Cn1nccc1C1CCN(c2nn3cc(C(C)(C)C)nc3s2)CC1. The van der Waals surface area contributed by atoms with Gasteiger partial charge in [0, 0.05) is 43.4 Å². The Kier molecular flexibility index (Phi) is 3.63. The zero-order chi connectivity index (χ0) is 16.9. The van der Waals surface area contributed by atoms with Gasteiger partial charge < -0.3 is 4.90 Å². The lowest BCUT2D eigenvalue weighted by atomic mass is 9.93. The lowest BCUT2D eigenvalue weighted by Gasteiger charge is -2.31. The topological polar surface area (TPSA) is 51.2 Å². The van der Waals surface area contributed by atoms with Crippen molar-refractivity contribution in [3.8, 4) is 0 Å². The van der Waals surface area contributed by atoms with Gasteiger partial charge in [0.1, 0.15) is 0 Å². The summed E-state index contributed by atoms with van der Waals surface area (Å²) >= 11 is 1.69. The molecule has 0 saturated carbocycles. The normalized spacial score (nSPS) is 17.1. The smallest absolute Gasteiger partial charge is 0.214 e. The summed E-state index contributed by atoms with van der Waals surface area (Å²) < 4.78 is 3.94. The zero-order valence-electron chi connectivity index (χ0n) is 14.7. The van der Waals surface area contributed by atoms with Crippen LogP contribution in [0.15, 0.2) is 18.5 Å². The molecule has 4 rings (SSSR count). The van der Waals surface area contributed by atoms with Crippen LogP contribution in [0.5, 0.6) is 0 Å². The predicted molar refractivity (Wildman–Crippen MR) is 97.0 cm³/mol. The molecule has 0 amide bonds. The molecule has 0 N–H and O–H groups in total. The van der Waals surface area contributed by atoms with Crippen molar-refractivity contribution in [2.24, 2.45) is 7.05 Å². The Labute approximate surface area is 146 Å². The molecular weight excluding hydrogens is 320 g/mol. The molecule has 3 aromatic heterocycles. The van der Waals surface area contributed by atoms with Crippen molar-refractivity contribution in [2.45, 2.75) is 44.9 Å². The molecule has 0 bridgehead atoms. The highest BCUT2D eigenvalue weighted by molar-refractivity contribution is 7.20. The van der Waals surface area contributed by atoms with Crippen LogP contribution in [0.25, 0.3) is 4.96 Å². The van der Waals surface area contributed by atoms with Gasteiger partial charge >= 0.3 is 0 Å². The van der Waals surface area contributed by atoms with E-state index in [1.165, 1.54) is 5.69 Å². The second kappa shape index (κ2) is 5.58. The summed E-state index contributed by atoms with van der Waals surface area (Å²) in [5.41, 5.74) is 2.51. The third kappa shape index (κ3) is 2.70. The molecule has 0 atom stereocenters. The molecule has 1 fully saturated rings. The average molecular weight is 344 g/mol. The molecular formula is C17H24N6S. The second-order valence-electron chi connectivity index (χ2n) is 7.63. The summed E-state index contributed by atoms with van der Waals surface area (Å²) in [6.45, 7) is 8.63. The first-order valence-corrected chi connectivity index (χ1v) is 9.33. The number of fused-ring (bicyclic) bond motifs is 1. The van der Waals surface area contributed by atoms with E-state index < -0.39 is 0 Å². The summed E-state index contributed by atoms with van der Waals surface area (Å²) in [5.74, 6) is 0.602. The van der Waals surface area contributed by atoms with Crippen LogP contribution in [0.1, 0.15) is 50.9 Å². The molecule has 1 saturated heterocycles. The highest BCUT2D eigenvalue weighted by atomic mass is 32.1. The van der Waals surface area contributed by atoms with Crippen LogP contribution in [0.3, 0.4) is 0 Å². The Morgan fingerprint density at radius 3 is 2.54 bits per heavy atom. The Bertz CT molecular complexity index is 813. The number of rotatable bonds is 2. The van der Waals surface area contributed by atoms with Gasteiger partial charge in [0.2, 0.25) is 10.1 Å². The van der Waals surface area contributed by atoms with Crippen LogP contribution in [-0.4, -0.2) is 37.5 Å². The molecule has 128 valence electrons. The van der Waals surface area contributed by atoms with Gasteiger partial charge in [-0.2, -0.15) is 5.10 Å². The Balaban J connectivity index is 1.48. The number of piperidine rings is 1. The number of aryl methyl sites for hydroxylation is 1. The third-order valence-electron chi connectivity index (χ3n) is 4.84. The maximum atomic E-state index is 4.76. The van der Waals surface area contributed by atoms with Gasteiger partial charge in [-0.3, -0.25) is 4.68 Å². The van der Waals surface area contributed by atoms with Gasteiger partial charge in [-0.1, -0.05) is 32.1 Å². The molecule has 0 radical (unpaired) electrons. The van der Waals surface area contributed by atoms with Crippen molar-refractivity contribution in [1.29, 1.82) is 0 Å². The van der Waals surface area contributed by atoms with E-state index in [1.54, 1.807) is 11.3 Å². The van der Waals surface area contributed by atoms with E-state index >= 15 is 0 Å². The number of hydrogen-bond donors (Lipinski definition) is 0. The van der Waals surface area contributed by atoms with Crippen LogP contribution in [-0.2, 0) is 12.5 Å². The van der Waals surface area contributed by atoms with E-state index in [4.69, 9.17) is 10.1 Å². The molecule has 6 nitrogen and oxygen atoms in total. The first kappa shape index (κ1) is 15.6. The van der Waals surface area contributed by atoms with Crippen molar-refractivity contribution in [2.75, 3.05) is 18.0 Å². The maximum Gasteiger partial charge on any atom is 0.214 e. The fourth-order valence-corrected chi connectivity index (χ4v) is 4.26. The first-order chi connectivity index (χ1) is 11.4. The summed E-state index contributed by atoms with van der Waals surface area (Å²) in [6.07, 6.45) is 6.26. The third-order valence-corrected chi connectivity index (χ3v) is 5.83. The lowest BCUT2D eigenvalue weighted by Crippen LogP contribution is -2.33. The van der Waals surface area contributed by atoms with Crippen LogP contribution in [0, 0.1) is 0 Å². The molecule has 0 spiro atoms. The molecule has 24 heavy (non-hydrogen) atoms. The second-order valence-corrected chi connectivity index (χ2v) is 8.56. The van der Waals surface area contributed by atoms with Crippen molar-refractivity contribution in [1.82, 2.24) is 24.4 Å². The van der Waals surface area contributed by atoms with Crippen molar-refractivity contribution >= 4 is 21.4 Å². The molecule has 1 aliphatic rings. The predicted octanol–water partition coefficient (Wildman–Crippen LogP) is 3.21. The van der Waals surface area contributed by atoms with Crippen LogP contribution < -0.4 is 4.90 Å². The summed E-state index contributed by atoms with van der Waals surface area (Å²) in [7, 11) is 2.03. The molecule has 0 aliphatic carbocycles. The highest BCUT2D eigenvalue weighted by Gasteiger charge is 2.25. The Hall–Kier alpha value is -1.89. The Morgan fingerprint density at radius 2 is 1.96 bits per heavy atom. The quantitative estimate of drug-likeness (QED) is 0.716. The minimum Gasteiger partial charge on any atom is -0.347 e. The molecule has 3 aromatic rings. The van der Waals surface area contributed by atoms with Crippen LogP contribution >= 0.6 is 11.3 Å². The maximum absolute atomic E-state index is 4.76. The van der Waals surface area contributed by atoms with E-state index in [2.05, 4.69) is 43.0 Å².